The molecule has 1 fully saturated rings. The highest BCUT2D eigenvalue weighted by atomic mass is 32.2. The maximum absolute atomic E-state index is 13.5. The van der Waals surface area contributed by atoms with Gasteiger partial charge in [0.25, 0.3) is 5.91 Å². The third-order valence-corrected chi connectivity index (χ3v) is 6.34. The van der Waals surface area contributed by atoms with E-state index in [1.807, 2.05) is 56.3 Å². The topological polar surface area (TPSA) is 55.8 Å². The van der Waals surface area contributed by atoms with Crippen LogP contribution in [0.25, 0.3) is 0 Å². The van der Waals surface area contributed by atoms with E-state index in [1.54, 1.807) is 28.8 Å². The van der Waals surface area contributed by atoms with Gasteiger partial charge in [0.15, 0.2) is 0 Å². The molecule has 1 saturated heterocycles. The SMILES string of the molecule is CCCCOc1ccc(C(=O)N2C(C(=O)OCC(C)C)CSC2c2ccccc2)cc1. The fourth-order valence-electron chi connectivity index (χ4n) is 3.33. The molecule has 0 N–H and O–H groups in total. The fraction of sp³-hybridized carbons (Fsp3) is 0.440. The number of thioether (sulfide) groups is 1. The third-order valence-electron chi connectivity index (χ3n) is 5.02. The minimum atomic E-state index is -0.609. The van der Waals surface area contributed by atoms with Crippen molar-refractivity contribution in [3.05, 3.63) is 65.7 Å². The number of hydrogen-bond acceptors (Lipinski definition) is 5. The van der Waals surface area contributed by atoms with E-state index in [4.69, 9.17) is 9.47 Å². The van der Waals surface area contributed by atoms with Crippen molar-refractivity contribution < 1.29 is 19.1 Å². The second-order valence-corrected chi connectivity index (χ2v) is 9.19. The first-order valence-corrected chi connectivity index (χ1v) is 11.9. The van der Waals surface area contributed by atoms with Crippen molar-refractivity contribution in [1.29, 1.82) is 0 Å². The summed E-state index contributed by atoms with van der Waals surface area (Å²) in [6.07, 6.45) is 2.06. The number of unbranched alkanes of at least 4 members (excludes halogenated alkanes) is 1. The number of benzene rings is 2. The van der Waals surface area contributed by atoms with Crippen molar-refractivity contribution in [2.45, 2.75) is 45.0 Å². The van der Waals surface area contributed by atoms with Crippen LogP contribution in [0.2, 0.25) is 0 Å². The van der Waals surface area contributed by atoms with Crippen LogP contribution in [0.3, 0.4) is 0 Å². The van der Waals surface area contributed by atoms with Gasteiger partial charge in [0, 0.05) is 11.3 Å². The Morgan fingerprint density at radius 2 is 1.81 bits per heavy atom. The average molecular weight is 442 g/mol. The molecule has 166 valence electrons. The number of rotatable bonds is 9. The minimum Gasteiger partial charge on any atom is -0.494 e. The molecule has 1 aliphatic heterocycles. The normalized spacial score (nSPS) is 18.3. The van der Waals surface area contributed by atoms with Gasteiger partial charge in [0.1, 0.15) is 17.2 Å². The molecule has 31 heavy (non-hydrogen) atoms. The number of carbonyl (C=O) groups is 2. The lowest BCUT2D eigenvalue weighted by atomic mass is 10.1. The molecule has 0 radical (unpaired) electrons. The van der Waals surface area contributed by atoms with E-state index in [-0.39, 0.29) is 23.2 Å². The highest BCUT2D eigenvalue weighted by molar-refractivity contribution is 7.99. The van der Waals surface area contributed by atoms with Crippen molar-refractivity contribution in [2.75, 3.05) is 19.0 Å². The molecule has 1 aliphatic rings. The summed E-state index contributed by atoms with van der Waals surface area (Å²) >= 11 is 1.59. The van der Waals surface area contributed by atoms with Crippen molar-refractivity contribution in [1.82, 2.24) is 4.90 Å². The molecule has 0 spiro atoms. The Balaban J connectivity index is 1.82. The van der Waals surface area contributed by atoms with Gasteiger partial charge < -0.3 is 14.4 Å². The number of hydrogen-bond donors (Lipinski definition) is 0. The number of carbonyl (C=O) groups excluding carboxylic acids is 2. The Hall–Kier alpha value is -2.47. The first-order valence-electron chi connectivity index (χ1n) is 10.9. The molecule has 2 aromatic rings. The maximum Gasteiger partial charge on any atom is 0.329 e. The van der Waals surface area contributed by atoms with Gasteiger partial charge in [-0.2, -0.15) is 0 Å². The van der Waals surface area contributed by atoms with Crippen molar-refractivity contribution in [3.63, 3.8) is 0 Å². The zero-order valence-electron chi connectivity index (χ0n) is 18.5. The van der Waals surface area contributed by atoms with Gasteiger partial charge in [-0.15, -0.1) is 11.8 Å². The van der Waals surface area contributed by atoms with Gasteiger partial charge in [0.05, 0.1) is 13.2 Å². The summed E-state index contributed by atoms with van der Waals surface area (Å²) < 4.78 is 11.2. The first kappa shape index (κ1) is 23.2. The number of nitrogens with zero attached hydrogens (tertiary/aromatic N) is 1. The van der Waals surface area contributed by atoms with E-state index in [0.717, 1.165) is 24.2 Å². The lowest BCUT2D eigenvalue weighted by Gasteiger charge is -2.29. The monoisotopic (exact) mass is 441 g/mol. The number of esters is 1. The van der Waals surface area contributed by atoms with Crippen LogP contribution in [0.1, 0.15) is 54.9 Å². The van der Waals surface area contributed by atoms with Gasteiger partial charge in [0.2, 0.25) is 0 Å². The molecule has 0 bridgehead atoms. The molecular weight excluding hydrogens is 410 g/mol. The summed E-state index contributed by atoms with van der Waals surface area (Å²) in [5.74, 6) is 0.985. The van der Waals surface area contributed by atoms with Crippen LogP contribution in [-0.4, -0.2) is 41.8 Å². The van der Waals surface area contributed by atoms with E-state index < -0.39 is 6.04 Å². The van der Waals surface area contributed by atoms with E-state index in [0.29, 0.717) is 24.5 Å². The molecular formula is C25H31NO4S. The molecule has 3 rings (SSSR count). The van der Waals surface area contributed by atoms with Gasteiger partial charge in [-0.1, -0.05) is 57.5 Å². The van der Waals surface area contributed by atoms with Crippen molar-refractivity contribution in [3.8, 4) is 5.75 Å². The minimum absolute atomic E-state index is 0.176. The smallest absolute Gasteiger partial charge is 0.329 e. The molecule has 1 amide bonds. The van der Waals surface area contributed by atoms with Gasteiger partial charge in [-0.25, -0.2) is 4.79 Å². The summed E-state index contributed by atoms with van der Waals surface area (Å²) in [7, 11) is 0. The summed E-state index contributed by atoms with van der Waals surface area (Å²) in [5, 5.41) is -0.231. The van der Waals surface area contributed by atoms with E-state index in [1.165, 1.54) is 0 Å². The molecule has 2 aromatic carbocycles. The maximum atomic E-state index is 13.5. The van der Waals surface area contributed by atoms with E-state index in [2.05, 4.69) is 6.92 Å². The fourth-order valence-corrected chi connectivity index (χ4v) is 4.75. The Morgan fingerprint density at radius 1 is 1.10 bits per heavy atom. The molecule has 1 heterocycles. The largest absolute Gasteiger partial charge is 0.494 e. The van der Waals surface area contributed by atoms with E-state index >= 15 is 0 Å². The molecule has 0 aliphatic carbocycles. The third kappa shape index (κ3) is 6.03. The second-order valence-electron chi connectivity index (χ2n) is 8.07. The Morgan fingerprint density at radius 3 is 2.45 bits per heavy atom. The lowest BCUT2D eigenvalue weighted by Crippen LogP contribution is -2.44. The summed E-state index contributed by atoms with van der Waals surface area (Å²) in [5.41, 5.74) is 1.53. The summed E-state index contributed by atoms with van der Waals surface area (Å²) in [6, 6.07) is 16.4. The molecule has 6 heteroatoms. The summed E-state index contributed by atoms with van der Waals surface area (Å²) in [6.45, 7) is 7.12. The van der Waals surface area contributed by atoms with Crippen LogP contribution in [0, 0.1) is 5.92 Å². The van der Waals surface area contributed by atoms with Crippen LogP contribution < -0.4 is 4.74 Å². The predicted octanol–water partition coefficient (Wildman–Crippen LogP) is 5.32. The standard InChI is InChI=1S/C25H31NO4S/c1-4-5-15-29-21-13-11-19(12-14-21)23(27)26-22(25(28)30-16-18(2)3)17-31-24(26)20-9-7-6-8-10-20/h6-14,18,22,24H,4-5,15-17H2,1-3H3. The van der Waals surface area contributed by atoms with Crippen LogP contribution in [0.5, 0.6) is 5.75 Å². The Labute approximate surface area is 189 Å². The molecule has 2 atom stereocenters. The predicted molar refractivity (Wildman–Crippen MR) is 124 cm³/mol. The number of amides is 1. The van der Waals surface area contributed by atoms with Crippen molar-refractivity contribution in [2.24, 2.45) is 5.92 Å². The molecule has 0 saturated carbocycles. The second kappa shape index (κ2) is 11.2. The highest BCUT2D eigenvalue weighted by Crippen LogP contribution is 2.42. The Kier molecular flexibility index (Phi) is 8.41. The quantitative estimate of drug-likeness (QED) is 0.389. The van der Waals surface area contributed by atoms with Gasteiger partial charge >= 0.3 is 5.97 Å². The van der Waals surface area contributed by atoms with Crippen LogP contribution in [-0.2, 0) is 9.53 Å². The van der Waals surface area contributed by atoms with Crippen molar-refractivity contribution >= 4 is 23.6 Å². The van der Waals surface area contributed by atoms with Crippen LogP contribution >= 0.6 is 11.8 Å². The highest BCUT2D eigenvalue weighted by Gasteiger charge is 2.43. The van der Waals surface area contributed by atoms with Gasteiger partial charge in [-0.05, 0) is 42.2 Å². The average Bonchev–Trinajstić information content (AvgIpc) is 3.23. The molecule has 2 unspecified atom stereocenters. The first-order chi connectivity index (χ1) is 15.0. The summed E-state index contributed by atoms with van der Waals surface area (Å²) in [4.78, 5) is 28.0. The lowest BCUT2D eigenvalue weighted by molar-refractivity contribution is -0.149. The zero-order chi connectivity index (χ0) is 22.2. The zero-order valence-corrected chi connectivity index (χ0v) is 19.3. The van der Waals surface area contributed by atoms with Crippen LogP contribution in [0.4, 0.5) is 0 Å². The number of ether oxygens (including phenoxy) is 2. The van der Waals surface area contributed by atoms with Crippen LogP contribution in [0.15, 0.2) is 54.6 Å². The molecule has 0 aromatic heterocycles. The Bertz CT molecular complexity index is 854. The molecule has 5 nitrogen and oxygen atoms in total. The van der Waals surface area contributed by atoms with Gasteiger partial charge in [-0.3, -0.25) is 4.79 Å². The van der Waals surface area contributed by atoms with E-state index in [9.17, 15) is 9.59 Å².